The van der Waals surface area contributed by atoms with Gasteiger partial charge in [0.1, 0.15) is 11.4 Å². The Morgan fingerprint density at radius 3 is 3.00 bits per heavy atom. The number of furan rings is 1. The third-order valence-corrected chi connectivity index (χ3v) is 2.57. The number of cyclic esters (lactones) is 1. The first kappa shape index (κ1) is 11.5. The lowest BCUT2D eigenvalue weighted by Crippen LogP contribution is -2.33. The molecule has 0 aliphatic carbocycles. The van der Waals surface area contributed by atoms with Crippen LogP contribution in [0.3, 0.4) is 0 Å². The summed E-state index contributed by atoms with van der Waals surface area (Å²) in [5.74, 6) is -0.346. The largest absolute Gasteiger partial charge is 0.481 e. The third-order valence-electron chi connectivity index (χ3n) is 2.57. The molecular formula is C11H13NO5. The minimum Gasteiger partial charge on any atom is -0.481 e. The molecule has 0 radical (unpaired) electrons. The zero-order chi connectivity index (χ0) is 12.5. The highest BCUT2D eigenvalue weighted by molar-refractivity contribution is 5.74. The van der Waals surface area contributed by atoms with Gasteiger partial charge < -0.3 is 14.3 Å². The quantitative estimate of drug-likeness (QED) is 0.860. The van der Waals surface area contributed by atoms with Gasteiger partial charge in [0.15, 0.2) is 0 Å². The van der Waals surface area contributed by atoms with E-state index in [0.29, 0.717) is 12.3 Å². The average molecular weight is 239 g/mol. The molecule has 0 spiro atoms. The van der Waals surface area contributed by atoms with E-state index in [9.17, 15) is 9.59 Å². The van der Waals surface area contributed by atoms with Gasteiger partial charge in [0, 0.05) is 0 Å². The van der Waals surface area contributed by atoms with Crippen LogP contribution in [0.2, 0.25) is 0 Å². The Morgan fingerprint density at radius 1 is 1.65 bits per heavy atom. The van der Waals surface area contributed by atoms with Crippen LogP contribution in [-0.4, -0.2) is 34.2 Å². The molecule has 1 N–H and O–H groups in total. The number of aliphatic carboxylic acids is 1. The van der Waals surface area contributed by atoms with Crippen LogP contribution in [0.25, 0.3) is 0 Å². The topological polar surface area (TPSA) is 80.0 Å². The fraction of sp³-hybridized carbons (Fsp3) is 0.455. The van der Waals surface area contributed by atoms with Crippen LogP contribution in [0.5, 0.6) is 0 Å². The normalized spacial score (nSPS) is 23.8. The van der Waals surface area contributed by atoms with Crippen molar-refractivity contribution in [2.75, 3.05) is 6.54 Å². The van der Waals surface area contributed by atoms with Crippen LogP contribution < -0.4 is 0 Å². The van der Waals surface area contributed by atoms with E-state index in [2.05, 4.69) is 0 Å². The van der Waals surface area contributed by atoms with E-state index in [1.165, 1.54) is 11.2 Å². The maximum atomic E-state index is 11.6. The number of carbonyl (C=O) groups excluding carboxylic acids is 1. The highest BCUT2D eigenvalue weighted by Crippen LogP contribution is 2.27. The second-order valence-corrected chi connectivity index (χ2v) is 4.32. The van der Waals surface area contributed by atoms with Crippen LogP contribution in [-0.2, 0) is 16.1 Å². The van der Waals surface area contributed by atoms with Crippen molar-refractivity contribution in [1.29, 1.82) is 0 Å². The Kier molecular flexibility index (Phi) is 2.79. The predicted molar refractivity (Wildman–Crippen MR) is 56.3 cm³/mol. The van der Waals surface area contributed by atoms with E-state index in [-0.39, 0.29) is 13.0 Å². The van der Waals surface area contributed by atoms with E-state index < -0.39 is 17.7 Å². The molecule has 1 saturated heterocycles. The lowest BCUT2D eigenvalue weighted by atomic mass is 10.0. The van der Waals surface area contributed by atoms with Gasteiger partial charge in [-0.2, -0.15) is 0 Å². The molecule has 6 nitrogen and oxygen atoms in total. The molecular weight excluding hydrogens is 226 g/mol. The highest BCUT2D eigenvalue weighted by atomic mass is 16.6. The third kappa shape index (κ3) is 2.58. The molecule has 2 heterocycles. The molecule has 1 amide bonds. The van der Waals surface area contributed by atoms with Crippen LogP contribution in [0, 0.1) is 0 Å². The van der Waals surface area contributed by atoms with Gasteiger partial charge in [0.25, 0.3) is 0 Å². The van der Waals surface area contributed by atoms with Gasteiger partial charge in [-0.3, -0.25) is 9.69 Å². The number of hydrogen-bond donors (Lipinski definition) is 1. The lowest BCUT2D eigenvalue weighted by Gasteiger charge is -2.18. The Morgan fingerprint density at radius 2 is 2.41 bits per heavy atom. The monoisotopic (exact) mass is 239 g/mol. The van der Waals surface area contributed by atoms with E-state index in [4.69, 9.17) is 14.3 Å². The van der Waals surface area contributed by atoms with Crippen LogP contribution in [0.15, 0.2) is 22.8 Å². The highest BCUT2D eigenvalue weighted by Gasteiger charge is 2.43. The molecule has 0 aromatic carbocycles. The Hall–Kier alpha value is -1.98. The number of carbonyl (C=O) groups is 2. The Bertz CT molecular complexity index is 427. The summed E-state index contributed by atoms with van der Waals surface area (Å²) < 4.78 is 10.2. The minimum atomic E-state index is -0.986. The first-order chi connectivity index (χ1) is 7.98. The number of carboxylic acids is 1. The Labute approximate surface area is 97.8 Å². The summed E-state index contributed by atoms with van der Waals surface area (Å²) in [4.78, 5) is 23.7. The number of ether oxygens (including phenoxy) is 1. The Balaban J connectivity index is 2.02. The van der Waals surface area contributed by atoms with Gasteiger partial charge >= 0.3 is 12.1 Å². The van der Waals surface area contributed by atoms with Crippen LogP contribution >= 0.6 is 0 Å². The smallest absolute Gasteiger partial charge is 0.410 e. The van der Waals surface area contributed by atoms with Crippen molar-refractivity contribution >= 4 is 12.1 Å². The molecule has 1 aliphatic heterocycles. The van der Waals surface area contributed by atoms with Crippen LogP contribution in [0.4, 0.5) is 4.79 Å². The fourth-order valence-electron chi connectivity index (χ4n) is 1.90. The number of nitrogens with zero attached hydrogens (tertiary/aromatic N) is 1. The summed E-state index contributed by atoms with van der Waals surface area (Å²) in [6.07, 6.45) is 0.811. The number of hydrogen-bond acceptors (Lipinski definition) is 4. The SMILES string of the molecule is CC1(CC(=O)O)CN(Cc2ccco2)C(=O)O1. The molecule has 2 rings (SSSR count). The van der Waals surface area contributed by atoms with Gasteiger partial charge in [-0.05, 0) is 19.1 Å². The maximum Gasteiger partial charge on any atom is 0.410 e. The molecule has 1 aromatic heterocycles. The van der Waals surface area contributed by atoms with Gasteiger partial charge in [-0.25, -0.2) is 4.79 Å². The average Bonchev–Trinajstić information content (AvgIpc) is 2.75. The van der Waals surface area contributed by atoms with Gasteiger partial charge in [-0.1, -0.05) is 0 Å². The van der Waals surface area contributed by atoms with E-state index in [1.54, 1.807) is 19.1 Å². The van der Waals surface area contributed by atoms with E-state index in [1.807, 2.05) is 0 Å². The van der Waals surface area contributed by atoms with Crippen molar-refractivity contribution < 1.29 is 23.8 Å². The molecule has 1 fully saturated rings. The molecule has 1 atom stereocenters. The maximum absolute atomic E-state index is 11.6. The second kappa shape index (κ2) is 4.12. The van der Waals surface area contributed by atoms with Crippen molar-refractivity contribution in [3.63, 3.8) is 0 Å². The molecule has 1 aromatic rings. The molecule has 1 aliphatic rings. The summed E-state index contributed by atoms with van der Waals surface area (Å²) in [6.45, 7) is 2.15. The van der Waals surface area contributed by atoms with E-state index >= 15 is 0 Å². The van der Waals surface area contributed by atoms with Crippen molar-refractivity contribution in [3.8, 4) is 0 Å². The summed E-state index contributed by atoms with van der Waals surface area (Å²) in [6, 6.07) is 3.48. The zero-order valence-corrected chi connectivity index (χ0v) is 9.38. The van der Waals surface area contributed by atoms with E-state index in [0.717, 1.165) is 0 Å². The predicted octanol–water partition coefficient (Wildman–Crippen LogP) is 1.47. The van der Waals surface area contributed by atoms with Crippen molar-refractivity contribution in [1.82, 2.24) is 4.90 Å². The summed E-state index contributed by atoms with van der Waals surface area (Å²) in [7, 11) is 0. The number of carboxylic acid groups (broad SMARTS) is 1. The first-order valence-corrected chi connectivity index (χ1v) is 5.21. The summed E-state index contributed by atoms with van der Waals surface area (Å²) in [5, 5.41) is 8.74. The van der Waals surface area contributed by atoms with Crippen LogP contribution in [0.1, 0.15) is 19.1 Å². The number of rotatable bonds is 4. The van der Waals surface area contributed by atoms with Crippen molar-refractivity contribution in [2.24, 2.45) is 0 Å². The number of amides is 1. The molecule has 0 bridgehead atoms. The zero-order valence-electron chi connectivity index (χ0n) is 9.38. The summed E-state index contributed by atoms with van der Waals surface area (Å²) in [5.41, 5.74) is -0.963. The standard InChI is InChI=1S/C11H13NO5/c1-11(5-9(13)14)7-12(10(15)17-11)6-8-3-2-4-16-8/h2-4H,5-7H2,1H3,(H,13,14). The van der Waals surface area contributed by atoms with Gasteiger partial charge in [0.2, 0.25) is 0 Å². The molecule has 1 unspecified atom stereocenters. The molecule has 6 heteroatoms. The second-order valence-electron chi connectivity index (χ2n) is 4.32. The van der Waals surface area contributed by atoms with Crippen molar-refractivity contribution in [3.05, 3.63) is 24.2 Å². The van der Waals surface area contributed by atoms with Crippen molar-refractivity contribution in [2.45, 2.75) is 25.5 Å². The van der Waals surface area contributed by atoms with Gasteiger partial charge in [-0.15, -0.1) is 0 Å². The fourth-order valence-corrected chi connectivity index (χ4v) is 1.90. The minimum absolute atomic E-state index is 0.201. The van der Waals surface area contributed by atoms with Gasteiger partial charge in [0.05, 0.1) is 25.8 Å². The molecule has 17 heavy (non-hydrogen) atoms. The lowest BCUT2D eigenvalue weighted by molar-refractivity contribution is -0.140. The molecule has 0 saturated carbocycles. The molecule has 92 valence electrons. The first-order valence-electron chi connectivity index (χ1n) is 5.21. The summed E-state index contributed by atoms with van der Waals surface area (Å²) >= 11 is 0.